The van der Waals surface area contributed by atoms with E-state index in [0.29, 0.717) is 0 Å². The number of hydrogen-bond donors (Lipinski definition) is 1. The van der Waals surface area contributed by atoms with Gasteiger partial charge in [-0.2, -0.15) is 0 Å². The number of nitrogens with zero attached hydrogens (tertiary/aromatic N) is 2. The van der Waals surface area contributed by atoms with Gasteiger partial charge in [0.15, 0.2) is 0 Å². The van der Waals surface area contributed by atoms with Crippen LogP contribution in [-0.4, -0.2) is 60.6 Å². The topological polar surface area (TPSA) is 18.5 Å². The van der Waals surface area contributed by atoms with Crippen LogP contribution in [0.5, 0.6) is 0 Å². The maximum absolute atomic E-state index is 3.63. The van der Waals surface area contributed by atoms with Gasteiger partial charge in [0.25, 0.3) is 0 Å². The van der Waals surface area contributed by atoms with Gasteiger partial charge in [-0.1, -0.05) is 13.8 Å². The first-order chi connectivity index (χ1) is 8.24. The lowest BCUT2D eigenvalue weighted by Crippen LogP contribution is -2.49. The third kappa shape index (κ3) is 3.21. The number of likely N-dealkylation sites (N-methyl/N-ethyl adjacent to an activating group) is 1. The predicted octanol–water partition coefficient (Wildman–Crippen LogP) is 1.54. The second-order valence-corrected chi connectivity index (χ2v) is 5.70. The van der Waals surface area contributed by atoms with Crippen molar-refractivity contribution in [1.29, 1.82) is 0 Å². The van der Waals surface area contributed by atoms with E-state index >= 15 is 0 Å². The average Bonchev–Trinajstić information content (AvgIpc) is 2.81. The SMILES string of the molecule is CCN(CC)C1CCN(C2CCC(C)NC2)C1. The molecule has 2 aliphatic heterocycles. The van der Waals surface area contributed by atoms with Crippen molar-refractivity contribution >= 4 is 0 Å². The largest absolute Gasteiger partial charge is 0.313 e. The molecule has 0 radical (unpaired) electrons. The highest BCUT2D eigenvalue weighted by molar-refractivity contribution is 4.90. The zero-order chi connectivity index (χ0) is 12.3. The van der Waals surface area contributed by atoms with Crippen molar-refractivity contribution in [3.63, 3.8) is 0 Å². The number of likely N-dealkylation sites (tertiary alicyclic amines) is 1. The van der Waals surface area contributed by atoms with E-state index in [0.717, 1.165) is 18.1 Å². The van der Waals surface area contributed by atoms with E-state index < -0.39 is 0 Å². The van der Waals surface area contributed by atoms with Gasteiger partial charge >= 0.3 is 0 Å². The van der Waals surface area contributed by atoms with Crippen LogP contribution in [-0.2, 0) is 0 Å². The molecule has 0 aromatic heterocycles. The second kappa shape index (κ2) is 6.17. The summed E-state index contributed by atoms with van der Waals surface area (Å²) in [6.07, 6.45) is 4.10. The van der Waals surface area contributed by atoms with Crippen LogP contribution in [0.1, 0.15) is 40.0 Å². The van der Waals surface area contributed by atoms with Gasteiger partial charge in [0.05, 0.1) is 0 Å². The highest BCUT2D eigenvalue weighted by Gasteiger charge is 2.31. The molecular weight excluding hydrogens is 210 g/mol. The van der Waals surface area contributed by atoms with E-state index in [9.17, 15) is 0 Å². The molecule has 0 amide bonds. The molecular formula is C14H29N3. The summed E-state index contributed by atoms with van der Waals surface area (Å²) < 4.78 is 0. The molecule has 0 saturated carbocycles. The molecule has 3 atom stereocenters. The van der Waals surface area contributed by atoms with Crippen LogP contribution in [0, 0.1) is 0 Å². The van der Waals surface area contributed by atoms with Crippen LogP contribution in [0.4, 0.5) is 0 Å². The molecule has 2 rings (SSSR count). The molecule has 0 spiro atoms. The lowest BCUT2D eigenvalue weighted by atomic mass is 10.0. The Bertz CT molecular complexity index is 220. The molecule has 100 valence electrons. The van der Waals surface area contributed by atoms with Gasteiger partial charge in [-0.05, 0) is 39.3 Å². The summed E-state index contributed by atoms with van der Waals surface area (Å²) in [5.41, 5.74) is 0. The van der Waals surface area contributed by atoms with Crippen LogP contribution >= 0.6 is 0 Å². The molecule has 2 fully saturated rings. The average molecular weight is 239 g/mol. The minimum absolute atomic E-state index is 0.729. The standard InChI is InChI=1S/C14H29N3/c1-4-16(5-2)14-8-9-17(11-14)13-7-6-12(3)15-10-13/h12-15H,4-11H2,1-3H3. The third-order valence-corrected chi connectivity index (χ3v) is 4.67. The zero-order valence-electron chi connectivity index (χ0n) is 11.8. The van der Waals surface area contributed by atoms with Crippen molar-refractivity contribution < 1.29 is 0 Å². The van der Waals surface area contributed by atoms with Gasteiger partial charge in [0, 0.05) is 37.8 Å². The molecule has 2 heterocycles. The molecule has 0 aromatic rings. The number of nitrogens with one attached hydrogen (secondary N) is 1. The fraction of sp³-hybridized carbons (Fsp3) is 1.00. The van der Waals surface area contributed by atoms with Crippen LogP contribution in [0.2, 0.25) is 0 Å². The third-order valence-electron chi connectivity index (χ3n) is 4.67. The Morgan fingerprint density at radius 3 is 2.53 bits per heavy atom. The fourth-order valence-electron chi connectivity index (χ4n) is 3.43. The van der Waals surface area contributed by atoms with Gasteiger partial charge < -0.3 is 5.32 Å². The lowest BCUT2D eigenvalue weighted by Gasteiger charge is -2.35. The Morgan fingerprint density at radius 2 is 1.94 bits per heavy atom. The Kier molecular flexibility index (Phi) is 4.83. The van der Waals surface area contributed by atoms with Crippen molar-refractivity contribution in [3.05, 3.63) is 0 Å². The molecule has 3 nitrogen and oxygen atoms in total. The first-order valence-electron chi connectivity index (χ1n) is 7.46. The van der Waals surface area contributed by atoms with Gasteiger partial charge in [0.2, 0.25) is 0 Å². The monoisotopic (exact) mass is 239 g/mol. The fourth-order valence-corrected chi connectivity index (χ4v) is 3.43. The van der Waals surface area contributed by atoms with E-state index in [-0.39, 0.29) is 0 Å². The molecule has 2 saturated heterocycles. The van der Waals surface area contributed by atoms with Crippen LogP contribution in [0.25, 0.3) is 0 Å². The van der Waals surface area contributed by atoms with Crippen LogP contribution < -0.4 is 5.32 Å². The second-order valence-electron chi connectivity index (χ2n) is 5.70. The number of hydrogen-bond acceptors (Lipinski definition) is 3. The lowest BCUT2D eigenvalue weighted by molar-refractivity contribution is 0.160. The maximum Gasteiger partial charge on any atom is 0.0235 e. The molecule has 0 aromatic carbocycles. The number of rotatable bonds is 4. The van der Waals surface area contributed by atoms with Crippen molar-refractivity contribution in [2.24, 2.45) is 0 Å². The summed E-state index contributed by atoms with van der Waals surface area (Å²) in [7, 11) is 0. The van der Waals surface area contributed by atoms with Gasteiger partial charge in [-0.15, -0.1) is 0 Å². The zero-order valence-corrected chi connectivity index (χ0v) is 11.8. The Morgan fingerprint density at radius 1 is 1.18 bits per heavy atom. The number of piperidine rings is 1. The van der Waals surface area contributed by atoms with E-state index in [1.165, 1.54) is 52.0 Å². The van der Waals surface area contributed by atoms with Crippen molar-refractivity contribution in [2.45, 2.75) is 58.2 Å². The minimum atomic E-state index is 0.729. The summed E-state index contributed by atoms with van der Waals surface area (Å²) >= 11 is 0. The van der Waals surface area contributed by atoms with Gasteiger partial charge in [-0.25, -0.2) is 0 Å². The molecule has 17 heavy (non-hydrogen) atoms. The van der Waals surface area contributed by atoms with Crippen molar-refractivity contribution in [1.82, 2.24) is 15.1 Å². The van der Waals surface area contributed by atoms with E-state index in [1.807, 2.05) is 0 Å². The molecule has 3 unspecified atom stereocenters. The smallest absolute Gasteiger partial charge is 0.0235 e. The molecule has 0 bridgehead atoms. The molecule has 1 N–H and O–H groups in total. The summed E-state index contributed by atoms with van der Waals surface area (Å²) in [6.45, 7) is 13.1. The summed E-state index contributed by atoms with van der Waals surface area (Å²) in [4.78, 5) is 5.35. The summed E-state index contributed by atoms with van der Waals surface area (Å²) in [5, 5.41) is 3.63. The molecule has 2 aliphatic rings. The van der Waals surface area contributed by atoms with E-state index in [1.54, 1.807) is 0 Å². The van der Waals surface area contributed by atoms with Crippen molar-refractivity contribution in [3.8, 4) is 0 Å². The summed E-state index contributed by atoms with van der Waals surface area (Å²) in [6, 6.07) is 2.34. The van der Waals surface area contributed by atoms with Crippen LogP contribution in [0.15, 0.2) is 0 Å². The highest BCUT2D eigenvalue weighted by atomic mass is 15.3. The quantitative estimate of drug-likeness (QED) is 0.803. The highest BCUT2D eigenvalue weighted by Crippen LogP contribution is 2.22. The van der Waals surface area contributed by atoms with E-state index in [2.05, 4.69) is 35.9 Å². The molecule has 0 aliphatic carbocycles. The van der Waals surface area contributed by atoms with E-state index in [4.69, 9.17) is 0 Å². The van der Waals surface area contributed by atoms with Crippen LogP contribution in [0.3, 0.4) is 0 Å². The van der Waals surface area contributed by atoms with Gasteiger partial charge in [0.1, 0.15) is 0 Å². The maximum atomic E-state index is 3.63. The predicted molar refractivity (Wildman–Crippen MR) is 73.4 cm³/mol. The van der Waals surface area contributed by atoms with Gasteiger partial charge in [-0.3, -0.25) is 9.80 Å². The first-order valence-corrected chi connectivity index (χ1v) is 7.46. The summed E-state index contributed by atoms with van der Waals surface area (Å²) in [5.74, 6) is 0. The van der Waals surface area contributed by atoms with Crippen molar-refractivity contribution in [2.75, 3.05) is 32.7 Å². The minimum Gasteiger partial charge on any atom is -0.313 e. The molecule has 3 heteroatoms. The Balaban J connectivity index is 1.81. The normalized spacial score (nSPS) is 35.6. The Hall–Kier alpha value is -0.120. The Labute approximate surface area is 107 Å². The first kappa shape index (κ1) is 13.3.